The fourth-order valence-corrected chi connectivity index (χ4v) is 3.18. The lowest BCUT2D eigenvalue weighted by Gasteiger charge is -2.18. The second-order valence-corrected chi connectivity index (χ2v) is 6.84. The molecule has 6 heteroatoms. The van der Waals surface area contributed by atoms with Crippen LogP contribution in [0, 0.1) is 12.8 Å². The molecule has 0 saturated carbocycles. The number of para-hydroxylation sites is 1. The minimum atomic E-state index is -0.435. The topological polar surface area (TPSA) is 76.4 Å². The molecule has 6 nitrogen and oxygen atoms in total. The average Bonchev–Trinajstić information content (AvgIpc) is 3.18. The van der Waals surface area contributed by atoms with Gasteiger partial charge in [-0.1, -0.05) is 32.0 Å². The van der Waals surface area contributed by atoms with Crippen LogP contribution in [0.1, 0.15) is 47.6 Å². The van der Waals surface area contributed by atoms with Crippen molar-refractivity contribution in [1.29, 1.82) is 0 Å². The summed E-state index contributed by atoms with van der Waals surface area (Å²) in [5.74, 6) is -0.259. The minimum absolute atomic E-state index is 0.0977. The van der Waals surface area contributed by atoms with Crippen LogP contribution in [0.15, 0.2) is 24.3 Å². The summed E-state index contributed by atoms with van der Waals surface area (Å²) in [5, 5.41) is 13.9. The number of rotatable bonds is 6. The van der Waals surface area contributed by atoms with Gasteiger partial charge in [0, 0.05) is 11.3 Å². The zero-order valence-electron chi connectivity index (χ0n) is 15.0. The van der Waals surface area contributed by atoms with E-state index in [1.807, 2.05) is 49.7 Å². The first-order chi connectivity index (χ1) is 12.0. The number of aliphatic hydroxyl groups excluding tert-OH is 1. The summed E-state index contributed by atoms with van der Waals surface area (Å²) in [4.78, 5) is 18.0. The minimum Gasteiger partial charge on any atom is -0.394 e. The smallest absolute Gasteiger partial charge is 0.295 e. The monoisotopic (exact) mass is 343 g/mol. The van der Waals surface area contributed by atoms with E-state index in [2.05, 4.69) is 10.6 Å². The molecule has 1 aromatic heterocycles. The zero-order valence-corrected chi connectivity index (χ0v) is 15.0. The number of nitrogens with one attached hydrogen (secondary N) is 1. The number of benzene rings is 1. The first-order valence-electron chi connectivity index (χ1n) is 8.76. The second kappa shape index (κ2) is 7.37. The Morgan fingerprint density at radius 3 is 2.80 bits per heavy atom. The van der Waals surface area contributed by atoms with Crippen LogP contribution >= 0.6 is 0 Å². The maximum absolute atomic E-state index is 12.6. The summed E-state index contributed by atoms with van der Waals surface area (Å²) in [7, 11) is 0. The van der Waals surface area contributed by atoms with Crippen LogP contribution in [0.5, 0.6) is 0 Å². The summed E-state index contributed by atoms with van der Waals surface area (Å²) in [6.45, 7) is 5.75. The Hall–Kier alpha value is -2.18. The number of aromatic nitrogens is 2. The first kappa shape index (κ1) is 17.6. The maximum atomic E-state index is 12.6. The van der Waals surface area contributed by atoms with Crippen LogP contribution in [0.4, 0.5) is 0 Å². The van der Waals surface area contributed by atoms with E-state index in [0.717, 1.165) is 41.8 Å². The van der Waals surface area contributed by atoms with Gasteiger partial charge in [0.2, 0.25) is 0 Å². The highest BCUT2D eigenvalue weighted by Gasteiger charge is 2.28. The van der Waals surface area contributed by atoms with E-state index >= 15 is 0 Å². The van der Waals surface area contributed by atoms with Gasteiger partial charge in [0.15, 0.2) is 5.69 Å². The van der Waals surface area contributed by atoms with E-state index in [1.54, 1.807) is 0 Å². The van der Waals surface area contributed by atoms with E-state index in [4.69, 9.17) is 4.84 Å². The summed E-state index contributed by atoms with van der Waals surface area (Å²) in [6.07, 6.45) is 2.34. The molecular formula is C19H25N3O3. The molecule has 0 fully saturated rings. The Morgan fingerprint density at radius 1 is 1.36 bits per heavy atom. The number of aliphatic hydroxyl groups is 1. The Bertz CT molecular complexity index is 767. The number of carbonyl (C=O) groups is 1. The molecule has 0 bridgehead atoms. The van der Waals surface area contributed by atoms with Crippen LogP contribution in [0.3, 0.4) is 0 Å². The molecular weight excluding hydrogens is 318 g/mol. The number of aryl methyl sites for hydroxylation is 1. The van der Waals surface area contributed by atoms with Crippen molar-refractivity contribution >= 4 is 5.91 Å². The molecule has 0 unspecified atom stereocenters. The molecule has 1 aliphatic rings. The molecule has 1 heterocycles. The van der Waals surface area contributed by atoms with E-state index in [0.29, 0.717) is 5.69 Å². The SMILES string of the molecule is Cc1ccccc1-n1nc(C(=O)NO[C@@H](CO)C(C)C)c2c1CCC2. The molecule has 134 valence electrons. The van der Waals surface area contributed by atoms with Crippen molar-refractivity contribution in [2.24, 2.45) is 5.92 Å². The fraction of sp³-hybridized carbons (Fsp3) is 0.474. The van der Waals surface area contributed by atoms with Gasteiger partial charge < -0.3 is 5.11 Å². The van der Waals surface area contributed by atoms with E-state index in [-0.39, 0.29) is 18.4 Å². The Kier molecular flexibility index (Phi) is 5.20. The van der Waals surface area contributed by atoms with Crippen molar-refractivity contribution in [3.05, 3.63) is 46.8 Å². The molecule has 2 N–H and O–H groups in total. The van der Waals surface area contributed by atoms with E-state index in [1.165, 1.54) is 0 Å². The number of hydrogen-bond acceptors (Lipinski definition) is 4. The highest BCUT2D eigenvalue weighted by atomic mass is 16.7. The Morgan fingerprint density at radius 2 is 2.12 bits per heavy atom. The third-order valence-corrected chi connectivity index (χ3v) is 4.72. The van der Waals surface area contributed by atoms with Crippen LogP contribution in [-0.4, -0.2) is 33.5 Å². The maximum Gasteiger partial charge on any atom is 0.295 e. The van der Waals surface area contributed by atoms with Gasteiger partial charge in [0.05, 0.1) is 12.3 Å². The van der Waals surface area contributed by atoms with Crippen LogP contribution in [0.25, 0.3) is 5.69 Å². The molecule has 0 aliphatic heterocycles. The van der Waals surface area contributed by atoms with Crippen LogP contribution in [-0.2, 0) is 17.7 Å². The zero-order chi connectivity index (χ0) is 18.0. The summed E-state index contributed by atoms with van der Waals surface area (Å²) < 4.78 is 1.89. The van der Waals surface area contributed by atoms with Gasteiger partial charge >= 0.3 is 0 Å². The van der Waals surface area contributed by atoms with Crippen LogP contribution in [0.2, 0.25) is 0 Å². The Balaban J connectivity index is 1.87. The summed E-state index contributed by atoms with van der Waals surface area (Å²) >= 11 is 0. The average molecular weight is 343 g/mol. The standard InChI is InChI=1S/C19H25N3O3/c1-12(2)17(11-23)25-21-19(24)18-14-8-6-10-16(14)22(20-18)15-9-5-4-7-13(15)3/h4-5,7,9,12,17,23H,6,8,10-11H2,1-3H3,(H,21,24)/t17-/m0/s1. The first-order valence-corrected chi connectivity index (χ1v) is 8.76. The molecule has 1 atom stereocenters. The molecule has 0 radical (unpaired) electrons. The predicted molar refractivity (Wildman–Crippen MR) is 94.6 cm³/mol. The summed E-state index contributed by atoms with van der Waals surface area (Å²) in [6, 6.07) is 8.02. The van der Waals surface area contributed by atoms with Gasteiger partial charge in [-0.3, -0.25) is 9.63 Å². The highest BCUT2D eigenvalue weighted by molar-refractivity contribution is 5.93. The third-order valence-electron chi connectivity index (χ3n) is 4.72. The van der Waals surface area contributed by atoms with Crippen molar-refractivity contribution < 1.29 is 14.7 Å². The lowest BCUT2D eigenvalue weighted by molar-refractivity contribution is -0.0604. The lowest BCUT2D eigenvalue weighted by atomic mass is 10.1. The van der Waals surface area contributed by atoms with Gasteiger partial charge in [0.1, 0.15) is 6.10 Å². The number of fused-ring (bicyclic) bond motifs is 1. The molecule has 25 heavy (non-hydrogen) atoms. The van der Waals surface area contributed by atoms with E-state index < -0.39 is 6.10 Å². The van der Waals surface area contributed by atoms with Gasteiger partial charge in [0.25, 0.3) is 5.91 Å². The molecule has 1 aliphatic carbocycles. The molecule has 3 rings (SSSR count). The predicted octanol–water partition coefficient (Wildman–Crippen LogP) is 2.35. The second-order valence-electron chi connectivity index (χ2n) is 6.84. The van der Waals surface area contributed by atoms with Crippen molar-refractivity contribution in [3.8, 4) is 5.69 Å². The Labute approximate surface area is 147 Å². The fourth-order valence-electron chi connectivity index (χ4n) is 3.18. The van der Waals surface area contributed by atoms with Crippen molar-refractivity contribution in [1.82, 2.24) is 15.3 Å². The van der Waals surface area contributed by atoms with Crippen molar-refractivity contribution in [2.75, 3.05) is 6.61 Å². The number of carbonyl (C=O) groups excluding carboxylic acids is 1. The largest absolute Gasteiger partial charge is 0.394 e. The molecule has 1 amide bonds. The quantitative estimate of drug-likeness (QED) is 0.790. The molecule has 2 aromatic rings. The van der Waals surface area contributed by atoms with Crippen molar-refractivity contribution in [3.63, 3.8) is 0 Å². The number of nitrogens with zero attached hydrogens (tertiary/aromatic N) is 2. The van der Waals surface area contributed by atoms with Gasteiger partial charge in [-0.25, -0.2) is 10.2 Å². The number of amides is 1. The van der Waals surface area contributed by atoms with E-state index in [9.17, 15) is 9.90 Å². The third kappa shape index (κ3) is 3.45. The molecule has 0 saturated heterocycles. The molecule has 0 spiro atoms. The number of hydroxylamine groups is 1. The normalized spacial score (nSPS) is 14.6. The molecule has 1 aromatic carbocycles. The summed E-state index contributed by atoms with van der Waals surface area (Å²) in [5.41, 5.74) is 7.08. The van der Waals surface area contributed by atoms with Crippen LogP contribution < -0.4 is 5.48 Å². The van der Waals surface area contributed by atoms with Crippen molar-refractivity contribution in [2.45, 2.75) is 46.1 Å². The van der Waals surface area contributed by atoms with Gasteiger partial charge in [-0.05, 0) is 43.7 Å². The lowest BCUT2D eigenvalue weighted by Crippen LogP contribution is -2.35. The highest BCUT2D eigenvalue weighted by Crippen LogP contribution is 2.28. The van der Waals surface area contributed by atoms with Gasteiger partial charge in [-0.15, -0.1) is 0 Å². The van der Waals surface area contributed by atoms with Gasteiger partial charge in [-0.2, -0.15) is 5.10 Å². The number of hydrogen-bond donors (Lipinski definition) is 2.